The van der Waals surface area contributed by atoms with Crippen molar-refractivity contribution < 1.29 is 19.1 Å². The Hall–Kier alpha value is -3.90. The van der Waals surface area contributed by atoms with Gasteiger partial charge in [0.05, 0.1) is 18.2 Å². The van der Waals surface area contributed by atoms with Crippen LogP contribution >= 0.6 is 11.6 Å². The van der Waals surface area contributed by atoms with Crippen molar-refractivity contribution in [3.8, 4) is 0 Å². The summed E-state index contributed by atoms with van der Waals surface area (Å²) in [5.74, 6) is -1.68. The zero-order valence-corrected chi connectivity index (χ0v) is 21.6. The summed E-state index contributed by atoms with van der Waals surface area (Å²) in [5, 5.41) is 3.53. The predicted molar refractivity (Wildman–Crippen MR) is 143 cm³/mol. The monoisotopic (exact) mass is 516 g/mol. The normalized spacial score (nSPS) is 15.6. The maximum Gasteiger partial charge on any atom is 0.336 e. The molecule has 0 aliphatic carbocycles. The van der Waals surface area contributed by atoms with E-state index >= 15 is 0 Å². The molecule has 1 unspecified atom stereocenters. The number of esters is 1. The van der Waals surface area contributed by atoms with Crippen molar-refractivity contribution in [1.29, 1.82) is 0 Å². The summed E-state index contributed by atoms with van der Waals surface area (Å²) in [6, 6.07) is 26.0. The molecule has 6 nitrogen and oxygen atoms in total. The first-order valence-corrected chi connectivity index (χ1v) is 12.6. The van der Waals surface area contributed by atoms with Crippen LogP contribution in [0.1, 0.15) is 48.9 Å². The van der Waals surface area contributed by atoms with Crippen molar-refractivity contribution in [2.45, 2.75) is 32.2 Å². The molecule has 4 rings (SSSR count). The third-order valence-electron chi connectivity index (χ3n) is 6.47. The Morgan fingerprint density at radius 2 is 1.54 bits per heavy atom. The highest BCUT2D eigenvalue weighted by atomic mass is 35.5. The van der Waals surface area contributed by atoms with Crippen molar-refractivity contribution in [2.24, 2.45) is 0 Å². The number of nitrogens with zero attached hydrogens (tertiary/aromatic N) is 1. The summed E-state index contributed by atoms with van der Waals surface area (Å²) in [4.78, 5) is 41.0. The SMILES string of the molecule is CCOC(=O)C1=C(C)N(CC(=O)NC(c2ccccc2)c2ccccc2)C(=O)CC1c1ccccc1Cl. The van der Waals surface area contributed by atoms with Gasteiger partial charge in [-0.2, -0.15) is 0 Å². The molecule has 2 amide bonds. The number of amides is 2. The maximum atomic E-state index is 13.3. The molecule has 37 heavy (non-hydrogen) atoms. The molecule has 3 aromatic carbocycles. The van der Waals surface area contributed by atoms with Gasteiger partial charge in [-0.3, -0.25) is 9.59 Å². The predicted octanol–water partition coefficient (Wildman–Crippen LogP) is 5.40. The molecule has 1 heterocycles. The summed E-state index contributed by atoms with van der Waals surface area (Å²) in [7, 11) is 0. The van der Waals surface area contributed by atoms with Crippen molar-refractivity contribution in [3.63, 3.8) is 0 Å². The molecule has 0 bridgehead atoms. The van der Waals surface area contributed by atoms with Crippen LogP contribution in [0.5, 0.6) is 0 Å². The van der Waals surface area contributed by atoms with Crippen LogP contribution in [0, 0.1) is 0 Å². The number of ether oxygens (including phenoxy) is 1. The first kappa shape index (κ1) is 26.2. The first-order chi connectivity index (χ1) is 17.9. The van der Waals surface area contributed by atoms with Crippen LogP contribution in [-0.4, -0.2) is 35.8 Å². The highest BCUT2D eigenvalue weighted by Crippen LogP contribution is 2.39. The molecule has 7 heteroatoms. The Morgan fingerprint density at radius 3 is 2.11 bits per heavy atom. The van der Waals surface area contributed by atoms with Gasteiger partial charge in [-0.25, -0.2) is 4.79 Å². The lowest BCUT2D eigenvalue weighted by Crippen LogP contribution is -2.45. The highest BCUT2D eigenvalue weighted by molar-refractivity contribution is 6.31. The average Bonchev–Trinajstić information content (AvgIpc) is 2.91. The Balaban J connectivity index is 1.64. The van der Waals surface area contributed by atoms with Gasteiger partial charge in [-0.1, -0.05) is 90.5 Å². The Morgan fingerprint density at radius 1 is 0.973 bits per heavy atom. The summed E-state index contributed by atoms with van der Waals surface area (Å²) in [6.45, 7) is 3.37. The molecular weight excluding hydrogens is 488 g/mol. The molecule has 1 N–H and O–H groups in total. The first-order valence-electron chi connectivity index (χ1n) is 12.2. The number of halogens is 1. The molecule has 0 spiro atoms. The van der Waals surface area contributed by atoms with Gasteiger partial charge in [0.2, 0.25) is 11.8 Å². The van der Waals surface area contributed by atoms with Gasteiger partial charge in [-0.15, -0.1) is 0 Å². The summed E-state index contributed by atoms with van der Waals surface area (Å²) >= 11 is 6.43. The summed E-state index contributed by atoms with van der Waals surface area (Å²) in [5.41, 5.74) is 3.25. The number of allylic oxidation sites excluding steroid dienone is 1. The van der Waals surface area contributed by atoms with Gasteiger partial charge in [-0.05, 0) is 36.6 Å². The van der Waals surface area contributed by atoms with Crippen LogP contribution in [0.25, 0.3) is 0 Å². The van der Waals surface area contributed by atoms with E-state index in [1.54, 1.807) is 32.0 Å². The zero-order valence-electron chi connectivity index (χ0n) is 20.8. The summed E-state index contributed by atoms with van der Waals surface area (Å²) in [6.07, 6.45) is 0.00327. The van der Waals surface area contributed by atoms with E-state index in [1.807, 2.05) is 66.7 Å². The Bertz CT molecular complexity index is 1270. The second-order valence-corrected chi connectivity index (χ2v) is 9.21. The van der Waals surface area contributed by atoms with E-state index in [4.69, 9.17) is 16.3 Å². The average molecular weight is 517 g/mol. The second-order valence-electron chi connectivity index (χ2n) is 8.80. The number of hydrogen-bond donors (Lipinski definition) is 1. The van der Waals surface area contributed by atoms with E-state index in [2.05, 4.69) is 5.32 Å². The van der Waals surface area contributed by atoms with Crippen LogP contribution in [0.15, 0.2) is 96.2 Å². The zero-order chi connectivity index (χ0) is 26.4. The third kappa shape index (κ3) is 5.92. The van der Waals surface area contributed by atoms with Gasteiger partial charge in [0, 0.05) is 23.1 Å². The van der Waals surface area contributed by atoms with Crippen LogP contribution in [0.3, 0.4) is 0 Å². The largest absolute Gasteiger partial charge is 0.463 e. The lowest BCUT2D eigenvalue weighted by Gasteiger charge is -2.34. The summed E-state index contributed by atoms with van der Waals surface area (Å²) < 4.78 is 5.33. The van der Waals surface area contributed by atoms with Gasteiger partial charge >= 0.3 is 5.97 Å². The molecule has 0 radical (unpaired) electrons. The Labute approximate surface area is 221 Å². The minimum absolute atomic E-state index is 0.00327. The minimum Gasteiger partial charge on any atom is -0.463 e. The van der Waals surface area contributed by atoms with E-state index < -0.39 is 11.9 Å². The van der Waals surface area contributed by atoms with Gasteiger partial charge < -0.3 is 15.0 Å². The number of rotatable bonds is 8. The number of hydrogen-bond acceptors (Lipinski definition) is 4. The second kappa shape index (κ2) is 11.9. The number of benzene rings is 3. The number of carbonyl (C=O) groups excluding carboxylic acids is 3. The maximum absolute atomic E-state index is 13.3. The standard InChI is InChI=1S/C30H29ClN2O4/c1-3-37-30(36)28-20(2)33(27(35)18-24(28)23-16-10-11-17-25(23)31)19-26(34)32-29(21-12-6-4-7-13-21)22-14-8-5-9-15-22/h4-17,24,29H,3,18-19H2,1-2H3,(H,32,34). The molecule has 1 aliphatic rings. The quantitative estimate of drug-likeness (QED) is 0.407. The molecular formula is C30H29ClN2O4. The van der Waals surface area contributed by atoms with Crippen LogP contribution in [0.4, 0.5) is 0 Å². The molecule has 0 aromatic heterocycles. The fourth-order valence-corrected chi connectivity index (χ4v) is 4.97. The fraction of sp³-hybridized carbons (Fsp3) is 0.233. The number of carbonyl (C=O) groups is 3. The van der Waals surface area contributed by atoms with E-state index in [0.29, 0.717) is 21.9 Å². The Kier molecular flexibility index (Phi) is 8.41. The van der Waals surface area contributed by atoms with Crippen molar-refractivity contribution in [3.05, 3.63) is 118 Å². The number of nitrogens with one attached hydrogen (secondary N) is 1. The van der Waals surface area contributed by atoms with Gasteiger partial charge in [0.15, 0.2) is 0 Å². The minimum atomic E-state index is -0.555. The molecule has 190 valence electrons. The third-order valence-corrected chi connectivity index (χ3v) is 6.82. The smallest absolute Gasteiger partial charge is 0.336 e. The molecule has 0 fully saturated rings. The van der Waals surface area contributed by atoms with Crippen molar-refractivity contribution in [1.82, 2.24) is 10.2 Å². The van der Waals surface area contributed by atoms with Crippen molar-refractivity contribution in [2.75, 3.05) is 13.2 Å². The lowest BCUT2D eigenvalue weighted by molar-refractivity contribution is -0.141. The molecule has 0 saturated carbocycles. The topological polar surface area (TPSA) is 75.7 Å². The lowest BCUT2D eigenvalue weighted by atomic mass is 9.83. The molecule has 0 saturated heterocycles. The van der Waals surface area contributed by atoms with Crippen LogP contribution in [-0.2, 0) is 19.1 Å². The van der Waals surface area contributed by atoms with E-state index in [-0.39, 0.29) is 37.4 Å². The fourth-order valence-electron chi connectivity index (χ4n) is 4.70. The van der Waals surface area contributed by atoms with Crippen molar-refractivity contribution >= 4 is 29.4 Å². The van der Waals surface area contributed by atoms with Gasteiger partial charge in [0.25, 0.3) is 0 Å². The van der Waals surface area contributed by atoms with Crippen LogP contribution < -0.4 is 5.32 Å². The molecule has 1 aliphatic heterocycles. The highest BCUT2D eigenvalue weighted by Gasteiger charge is 2.38. The van der Waals surface area contributed by atoms with E-state index in [0.717, 1.165) is 11.1 Å². The van der Waals surface area contributed by atoms with E-state index in [1.165, 1.54) is 4.90 Å². The van der Waals surface area contributed by atoms with Gasteiger partial charge in [0.1, 0.15) is 6.54 Å². The molecule has 1 atom stereocenters. The van der Waals surface area contributed by atoms with Crippen LogP contribution in [0.2, 0.25) is 5.02 Å². The molecule has 3 aromatic rings. The van der Waals surface area contributed by atoms with E-state index in [9.17, 15) is 14.4 Å².